The highest BCUT2D eigenvalue weighted by Crippen LogP contribution is 2.18. The van der Waals surface area contributed by atoms with Crippen LogP contribution in [-0.2, 0) is 6.54 Å². The fraction of sp³-hybridized carbons (Fsp3) is 0.0833. The Morgan fingerprint density at radius 2 is 2.24 bits per heavy atom. The molecule has 86 valence electrons. The van der Waals surface area contributed by atoms with Crippen molar-refractivity contribution in [3.05, 3.63) is 51.1 Å². The molecule has 2 N–H and O–H groups in total. The van der Waals surface area contributed by atoms with Crippen molar-refractivity contribution in [3.63, 3.8) is 0 Å². The maximum absolute atomic E-state index is 11.8. The van der Waals surface area contributed by atoms with Crippen LogP contribution >= 0.6 is 11.3 Å². The number of phenols is 1. The van der Waals surface area contributed by atoms with Crippen LogP contribution in [0.5, 0.6) is 5.75 Å². The predicted molar refractivity (Wildman–Crippen MR) is 67.6 cm³/mol. The first-order chi connectivity index (χ1) is 8.24. The molecular formula is C12H10N2O2S. The average Bonchev–Trinajstić information content (AvgIpc) is 2.88. The second-order valence-corrected chi connectivity index (χ2v) is 4.83. The first-order valence-corrected chi connectivity index (χ1v) is 6.06. The average molecular weight is 246 g/mol. The minimum Gasteiger partial charge on any atom is -0.508 e. The predicted octanol–water partition coefficient (Wildman–Crippen LogP) is 2.14. The number of H-pyrrole nitrogens is 1. The molecule has 4 nitrogen and oxygen atoms in total. The van der Waals surface area contributed by atoms with Crippen LogP contribution in [0.3, 0.4) is 0 Å². The van der Waals surface area contributed by atoms with Gasteiger partial charge in [-0.05, 0) is 23.6 Å². The summed E-state index contributed by atoms with van der Waals surface area (Å²) in [5.74, 6) is 0.155. The fourth-order valence-electron chi connectivity index (χ4n) is 1.87. The largest absolute Gasteiger partial charge is 0.508 e. The van der Waals surface area contributed by atoms with Crippen molar-refractivity contribution in [1.29, 1.82) is 0 Å². The van der Waals surface area contributed by atoms with Gasteiger partial charge in [-0.3, -0.25) is 4.57 Å². The minimum absolute atomic E-state index is 0.154. The van der Waals surface area contributed by atoms with Crippen LogP contribution in [0.25, 0.3) is 11.0 Å². The highest BCUT2D eigenvalue weighted by atomic mass is 32.1. The molecule has 3 aromatic rings. The molecule has 0 amide bonds. The maximum Gasteiger partial charge on any atom is 0.326 e. The summed E-state index contributed by atoms with van der Waals surface area (Å²) in [6.45, 7) is 0.557. The van der Waals surface area contributed by atoms with E-state index in [1.165, 1.54) is 0 Å². The van der Waals surface area contributed by atoms with Crippen LogP contribution in [0.1, 0.15) is 4.88 Å². The van der Waals surface area contributed by atoms with Gasteiger partial charge in [0.2, 0.25) is 0 Å². The van der Waals surface area contributed by atoms with E-state index in [-0.39, 0.29) is 11.4 Å². The van der Waals surface area contributed by atoms with Crippen molar-refractivity contribution in [2.75, 3.05) is 0 Å². The van der Waals surface area contributed by atoms with Crippen molar-refractivity contribution in [2.45, 2.75) is 6.54 Å². The van der Waals surface area contributed by atoms with Gasteiger partial charge in [-0.1, -0.05) is 6.07 Å². The van der Waals surface area contributed by atoms with Crippen LogP contribution in [0, 0.1) is 0 Å². The summed E-state index contributed by atoms with van der Waals surface area (Å²) in [6.07, 6.45) is 0. The summed E-state index contributed by atoms with van der Waals surface area (Å²) in [6, 6.07) is 8.85. The summed E-state index contributed by atoms with van der Waals surface area (Å²) < 4.78 is 1.67. The number of benzene rings is 1. The van der Waals surface area contributed by atoms with Crippen molar-refractivity contribution < 1.29 is 5.11 Å². The Kier molecular flexibility index (Phi) is 2.26. The number of aromatic nitrogens is 2. The third kappa shape index (κ3) is 1.74. The molecule has 0 fully saturated rings. The van der Waals surface area contributed by atoms with Crippen molar-refractivity contribution in [2.24, 2.45) is 0 Å². The van der Waals surface area contributed by atoms with Crippen molar-refractivity contribution in [3.8, 4) is 5.75 Å². The number of nitrogens with zero attached hydrogens (tertiary/aromatic N) is 1. The number of rotatable bonds is 2. The summed E-state index contributed by atoms with van der Waals surface area (Å²) >= 11 is 1.62. The molecule has 0 aliphatic carbocycles. The lowest BCUT2D eigenvalue weighted by Gasteiger charge is -2.00. The molecule has 0 atom stereocenters. The first kappa shape index (κ1) is 10.2. The maximum atomic E-state index is 11.8. The lowest BCUT2D eigenvalue weighted by molar-refractivity contribution is 0.476. The van der Waals surface area contributed by atoms with Gasteiger partial charge in [-0.15, -0.1) is 11.3 Å². The lowest BCUT2D eigenvalue weighted by Crippen LogP contribution is -2.16. The van der Waals surface area contributed by atoms with Crippen LogP contribution in [-0.4, -0.2) is 14.7 Å². The zero-order valence-corrected chi connectivity index (χ0v) is 9.70. The highest BCUT2D eigenvalue weighted by molar-refractivity contribution is 7.09. The SMILES string of the molecule is O=c1[nH]c2cc(O)ccc2n1Cc1cccs1. The van der Waals surface area contributed by atoms with Gasteiger partial charge in [0.25, 0.3) is 0 Å². The van der Waals surface area contributed by atoms with Gasteiger partial charge in [0, 0.05) is 10.9 Å². The molecule has 0 spiro atoms. The van der Waals surface area contributed by atoms with Gasteiger partial charge < -0.3 is 10.1 Å². The third-order valence-corrected chi connectivity index (χ3v) is 3.51. The number of fused-ring (bicyclic) bond motifs is 1. The third-order valence-electron chi connectivity index (χ3n) is 2.65. The van der Waals surface area contributed by atoms with Crippen LogP contribution in [0.15, 0.2) is 40.5 Å². The number of nitrogens with one attached hydrogen (secondary N) is 1. The zero-order chi connectivity index (χ0) is 11.8. The van der Waals surface area contributed by atoms with Gasteiger partial charge in [-0.25, -0.2) is 4.79 Å². The van der Waals surface area contributed by atoms with Gasteiger partial charge in [-0.2, -0.15) is 0 Å². The molecule has 0 aliphatic rings. The van der Waals surface area contributed by atoms with E-state index >= 15 is 0 Å². The topological polar surface area (TPSA) is 58.0 Å². The number of hydrogen-bond acceptors (Lipinski definition) is 3. The normalized spacial score (nSPS) is 11.1. The van der Waals surface area contributed by atoms with Gasteiger partial charge in [0.1, 0.15) is 5.75 Å². The number of aromatic hydroxyl groups is 1. The molecular weight excluding hydrogens is 236 g/mol. The van der Waals surface area contributed by atoms with E-state index in [1.54, 1.807) is 34.1 Å². The molecule has 0 bridgehead atoms. The van der Waals surface area contributed by atoms with E-state index in [0.717, 1.165) is 10.4 Å². The Morgan fingerprint density at radius 1 is 1.35 bits per heavy atom. The standard InChI is InChI=1S/C12H10N2O2S/c15-8-3-4-11-10(6-8)13-12(16)14(11)7-9-2-1-5-17-9/h1-6,15H,7H2,(H,13,16). The second-order valence-electron chi connectivity index (χ2n) is 3.80. The number of phenolic OH excluding ortho intramolecular Hbond substituents is 1. The van der Waals surface area contributed by atoms with E-state index < -0.39 is 0 Å². The van der Waals surface area contributed by atoms with Crippen LogP contribution < -0.4 is 5.69 Å². The highest BCUT2D eigenvalue weighted by Gasteiger charge is 2.07. The van der Waals surface area contributed by atoms with E-state index in [2.05, 4.69) is 4.98 Å². The molecule has 2 aromatic heterocycles. The monoisotopic (exact) mass is 246 g/mol. The van der Waals surface area contributed by atoms with Crippen molar-refractivity contribution in [1.82, 2.24) is 9.55 Å². The first-order valence-electron chi connectivity index (χ1n) is 5.18. The van der Waals surface area contributed by atoms with Crippen LogP contribution in [0.2, 0.25) is 0 Å². The van der Waals surface area contributed by atoms with E-state index in [0.29, 0.717) is 12.1 Å². The molecule has 0 unspecified atom stereocenters. The summed E-state index contributed by atoms with van der Waals surface area (Å²) in [4.78, 5) is 15.7. The fourth-order valence-corrected chi connectivity index (χ4v) is 2.56. The Bertz CT molecular complexity index is 710. The van der Waals surface area contributed by atoms with E-state index in [1.807, 2.05) is 17.5 Å². The van der Waals surface area contributed by atoms with Crippen molar-refractivity contribution >= 4 is 22.4 Å². The summed E-state index contributed by atoms with van der Waals surface area (Å²) in [7, 11) is 0. The molecule has 2 heterocycles. The molecule has 5 heteroatoms. The van der Waals surface area contributed by atoms with Gasteiger partial charge in [0.05, 0.1) is 17.6 Å². The van der Waals surface area contributed by atoms with Gasteiger partial charge >= 0.3 is 5.69 Å². The van der Waals surface area contributed by atoms with E-state index in [9.17, 15) is 9.90 Å². The second kappa shape index (κ2) is 3.78. The molecule has 0 radical (unpaired) electrons. The Labute approximate surface area is 101 Å². The Hall–Kier alpha value is -2.01. The Balaban J connectivity index is 2.16. The van der Waals surface area contributed by atoms with E-state index in [4.69, 9.17) is 0 Å². The van der Waals surface area contributed by atoms with Gasteiger partial charge in [0.15, 0.2) is 0 Å². The molecule has 3 rings (SSSR count). The molecule has 0 aliphatic heterocycles. The number of hydrogen-bond donors (Lipinski definition) is 2. The number of aromatic amines is 1. The zero-order valence-electron chi connectivity index (χ0n) is 8.88. The molecule has 17 heavy (non-hydrogen) atoms. The quantitative estimate of drug-likeness (QED) is 0.728. The summed E-state index contributed by atoms with van der Waals surface area (Å²) in [5.41, 5.74) is 1.31. The molecule has 0 saturated heterocycles. The summed E-state index contributed by atoms with van der Waals surface area (Å²) in [5, 5.41) is 11.3. The Morgan fingerprint density at radius 3 is 3.00 bits per heavy atom. The lowest BCUT2D eigenvalue weighted by atomic mass is 10.3. The smallest absolute Gasteiger partial charge is 0.326 e. The number of imidazole rings is 1. The molecule has 0 saturated carbocycles. The molecule has 1 aromatic carbocycles. The minimum atomic E-state index is -0.154. The van der Waals surface area contributed by atoms with Crippen LogP contribution in [0.4, 0.5) is 0 Å². The number of thiophene rings is 1.